The standard InChI is InChI=1S/C23H24N2O4/c1-28-19-6-3-7-20(29-2)21(19)22(25-12-4-5-18(25)23(26)27)16-8-9-17-14-24-11-10-15(17)13-16/h3,6-11,13-14,18,22H,4-5,12H2,1-2H3,(H,26,27). The van der Waals surface area contributed by atoms with Crippen LogP contribution >= 0.6 is 0 Å². The summed E-state index contributed by atoms with van der Waals surface area (Å²) in [6.07, 6.45) is 5.05. The molecule has 6 heteroatoms. The molecule has 1 aliphatic heterocycles. The smallest absolute Gasteiger partial charge is 0.320 e. The van der Waals surface area contributed by atoms with E-state index in [2.05, 4.69) is 11.1 Å². The second kappa shape index (κ2) is 8.09. The van der Waals surface area contributed by atoms with Crippen molar-refractivity contribution in [2.75, 3.05) is 20.8 Å². The Morgan fingerprint density at radius 3 is 2.59 bits per heavy atom. The summed E-state index contributed by atoms with van der Waals surface area (Å²) in [5, 5.41) is 11.9. The molecule has 3 aromatic rings. The Hall–Kier alpha value is -3.12. The van der Waals surface area contributed by atoms with Crippen molar-refractivity contribution in [3.05, 3.63) is 66.0 Å². The molecular weight excluding hydrogens is 368 g/mol. The van der Waals surface area contributed by atoms with Gasteiger partial charge in [-0.1, -0.05) is 18.2 Å². The topological polar surface area (TPSA) is 71.9 Å². The molecule has 0 radical (unpaired) electrons. The van der Waals surface area contributed by atoms with Crippen LogP contribution in [0.25, 0.3) is 10.8 Å². The maximum Gasteiger partial charge on any atom is 0.320 e. The zero-order valence-corrected chi connectivity index (χ0v) is 16.5. The van der Waals surface area contributed by atoms with Gasteiger partial charge in [0.1, 0.15) is 17.5 Å². The van der Waals surface area contributed by atoms with E-state index >= 15 is 0 Å². The van der Waals surface area contributed by atoms with Gasteiger partial charge >= 0.3 is 5.97 Å². The van der Waals surface area contributed by atoms with Gasteiger partial charge in [0, 0.05) is 24.3 Å². The number of carbonyl (C=O) groups is 1. The lowest BCUT2D eigenvalue weighted by Gasteiger charge is -2.33. The Morgan fingerprint density at radius 2 is 1.90 bits per heavy atom. The van der Waals surface area contributed by atoms with Crippen molar-refractivity contribution in [3.63, 3.8) is 0 Å². The molecule has 0 aliphatic carbocycles. The van der Waals surface area contributed by atoms with Crippen LogP contribution in [0.5, 0.6) is 11.5 Å². The van der Waals surface area contributed by atoms with Crippen LogP contribution in [-0.2, 0) is 4.79 Å². The SMILES string of the molecule is COc1cccc(OC)c1C(c1ccc2cnccc2c1)N1CCCC1C(=O)O. The highest BCUT2D eigenvalue weighted by Gasteiger charge is 2.39. The van der Waals surface area contributed by atoms with Gasteiger partial charge in [-0.3, -0.25) is 14.7 Å². The summed E-state index contributed by atoms with van der Waals surface area (Å²) in [4.78, 5) is 18.2. The average molecular weight is 392 g/mol. The van der Waals surface area contributed by atoms with Crippen LogP contribution in [0, 0.1) is 0 Å². The average Bonchev–Trinajstić information content (AvgIpc) is 3.23. The molecular formula is C23H24N2O4. The van der Waals surface area contributed by atoms with Gasteiger partial charge in [0.2, 0.25) is 0 Å². The third-order valence-electron chi connectivity index (χ3n) is 5.63. The molecule has 6 nitrogen and oxygen atoms in total. The minimum Gasteiger partial charge on any atom is -0.496 e. The first-order chi connectivity index (χ1) is 14.1. The molecule has 2 atom stereocenters. The summed E-state index contributed by atoms with van der Waals surface area (Å²) < 4.78 is 11.3. The summed E-state index contributed by atoms with van der Waals surface area (Å²) in [5.41, 5.74) is 1.85. The molecule has 150 valence electrons. The summed E-state index contributed by atoms with van der Waals surface area (Å²) in [5.74, 6) is 0.562. The van der Waals surface area contributed by atoms with Crippen LogP contribution in [0.3, 0.4) is 0 Å². The van der Waals surface area contributed by atoms with Gasteiger partial charge in [0.05, 0.1) is 25.8 Å². The first-order valence-electron chi connectivity index (χ1n) is 9.67. The number of pyridine rings is 1. The number of rotatable bonds is 6. The molecule has 0 amide bonds. The Morgan fingerprint density at radius 1 is 1.14 bits per heavy atom. The van der Waals surface area contributed by atoms with Crippen molar-refractivity contribution in [3.8, 4) is 11.5 Å². The fourth-order valence-corrected chi connectivity index (χ4v) is 4.31. The molecule has 29 heavy (non-hydrogen) atoms. The van der Waals surface area contributed by atoms with E-state index in [1.54, 1.807) is 20.4 Å². The van der Waals surface area contributed by atoms with Crippen molar-refractivity contribution in [1.82, 2.24) is 9.88 Å². The highest BCUT2D eigenvalue weighted by molar-refractivity contribution is 5.82. The van der Waals surface area contributed by atoms with Gasteiger partial charge in [0.15, 0.2) is 0 Å². The number of benzene rings is 2. The van der Waals surface area contributed by atoms with E-state index in [0.717, 1.165) is 28.3 Å². The number of carboxylic acid groups (broad SMARTS) is 1. The maximum atomic E-state index is 12.0. The number of aromatic nitrogens is 1. The monoisotopic (exact) mass is 392 g/mol. The van der Waals surface area contributed by atoms with E-state index in [4.69, 9.17) is 9.47 Å². The number of fused-ring (bicyclic) bond motifs is 1. The van der Waals surface area contributed by atoms with E-state index in [0.29, 0.717) is 24.5 Å². The summed E-state index contributed by atoms with van der Waals surface area (Å²) in [6.45, 7) is 0.692. The lowest BCUT2D eigenvalue weighted by atomic mass is 9.93. The molecule has 1 aliphatic rings. The molecule has 1 fully saturated rings. The summed E-state index contributed by atoms with van der Waals surface area (Å²) in [6, 6.07) is 12.9. The van der Waals surface area contributed by atoms with Crippen LogP contribution in [0.4, 0.5) is 0 Å². The Bertz CT molecular complexity index is 1010. The number of hydrogen-bond acceptors (Lipinski definition) is 5. The van der Waals surface area contributed by atoms with Gasteiger partial charge in [0.25, 0.3) is 0 Å². The first-order valence-corrected chi connectivity index (χ1v) is 9.67. The van der Waals surface area contributed by atoms with Crippen molar-refractivity contribution in [2.24, 2.45) is 0 Å². The van der Waals surface area contributed by atoms with Crippen molar-refractivity contribution in [1.29, 1.82) is 0 Å². The normalized spacial score (nSPS) is 17.9. The molecule has 2 aromatic carbocycles. The van der Waals surface area contributed by atoms with E-state index in [1.807, 2.05) is 47.5 Å². The number of likely N-dealkylation sites (tertiary alicyclic amines) is 1. The quantitative estimate of drug-likeness (QED) is 0.686. The van der Waals surface area contributed by atoms with E-state index in [-0.39, 0.29) is 6.04 Å². The van der Waals surface area contributed by atoms with E-state index in [1.165, 1.54) is 0 Å². The molecule has 2 heterocycles. The zero-order chi connectivity index (χ0) is 20.4. The van der Waals surface area contributed by atoms with Crippen LogP contribution in [0.2, 0.25) is 0 Å². The zero-order valence-electron chi connectivity index (χ0n) is 16.5. The van der Waals surface area contributed by atoms with Crippen LogP contribution in [-0.4, -0.2) is 47.8 Å². The van der Waals surface area contributed by atoms with E-state index in [9.17, 15) is 9.90 Å². The summed E-state index contributed by atoms with van der Waals surface area (Å²) >= 11 is 0. The number of aliphatic carboxylic acids is 1. The van der Waals surface area contributed by atoms with Crippen molar-refractivity contribution >= 4 is 16.7 Å². The second-order valence-corrected chi connectivity index (χ2v) is 7.20. The van der Waals surface area contributed by atoms with Crippen LogP contribution in [0.1, 0.15) is 30.0 Å². The van der Waals surface area contributed by atoms with E-state index < -0.39 is 12.0 Å². The number of nitrogens with zero attached hydrogens (tertiary/aromatic N) is 2. The predicted octanol–water partition coefficient (Wildman–Crippen LogP) is 3.89. The van der Waals surface area contributed by atoms with Crippen molar-refractivity contribution in [2.45, 2.75) is 24.9 Å². The Labute approximate surface area is 169 Å². The minimum atomic E-state index is -0.800. The fourth-order valence-electron chi connectivity index (χ4n) is 4.31. The predicted molar refractivity (Wildman–Crippen MR) is 110 cm³/mol. The molecule has 0 bridgehead atoms. The van der Waals surface area contributed by atoms with Gasteiger partial charge < -0.3 is 14.6 Å². The highest BCUT2D eigenvalue weighted by atomic mass is 16.5. The van der Waals surface area contributed by atoms with Crippen LogP contribution in [0.15, 0.2) is 54.9 Å². The molecule has 0 spiro atoms. The van der Waals surface area contributed by atoms with Gasteiger partial charge in [-0.05, 0) is 48.1 Å². The third-order valence-corrected chi connectivity index (χ3v) is 5.63. The number of methoxy groups -OCH3 is 2. The second-order valence-electron chi connectivity index (χ2n) is 7.20. The molecule has 0 saturated carbocycles. The molecule has 1 aromatic heterocycles. The first kappa shape index (κ1) is 19.2. The van der Waals surface area contributed by atoms with Gasteiger partial charge in [-0.25, -0.2) is 0 Å². The lowest BCUT2D eigenvalue weighted by molar-refractivity contribution is -0.142. The molecule has 1 N–H and O–H groups in total. The number of hydrogen-bond donors (Lipinski definition) is 1. The van der Waals surface area contributed by atoms with Crippen molar-refractivity contribution < 1.29 is 19.4 Å². The molecule has 2 unspecified atom stereocenters. The Balaban J connectivity index is 1.94. The number of carboxylic acids is 1. The lowest BCUT2D eigenvalue weighted by Crippen LogP contribution is -2.39. The van der Waals surface area contributed by atoms with Crippen LogP contribution < -0.4 is 9.47 Å². The highest BCUT2D eigenvalue weighted by Crippen LogP contribution is 2.44. The van der Waals surface area contributed by atoms with Gasteiger partial charge in [-0.15, -0.1) is 0 Å². The molecule has 4 rings (SSSR count). The largest absolute Gasteiger partial charge is 0.496 e. The molecule has 1 saturated heterocycles. The Kier molecular flexibility index (Phi) is 5.36. The third kappa shape index (κ3) is 3.51. The summed E-state index contributed by atoms with van der Waals surface area (Å²) in [7, 11) is 3.25. The fraction of sp³-hybridized carbons (Fsp3) is 0.304. The minimum absolute atomic E-state index is 0.303. The van der Waals surface area contributed by atoms with Gasteiger partial charge in [-0.2, -0.15) is 0 Å². The number of ether oxygens (including phenoxy) is 2. The maximum absolute atomic E-state index is 12.0.